The quantitative estimate of drug-likeness (QED) is 0.850. The fraction of sp³-hybridized carbons (Fsp3) is 0.429. The third-order valence-electron chi connectivity index (χ3n) is 2.93. The van der Waals surface area contributed by atoms with Crippen LogP contribution in [0, 0.1) is 6.92 Å². The van der Waals surface area contributed by atoms with Crippen LogP contribution in [-0.4, -0.2) is 21.7 Å². The summed E-state index contributed by atoms with van der Waals surface area (Å²) in [7, 11) is 0. The molecule has 0 amide bonds. The van der Waals surface area contributed by atoms with Crippen LogP contribution in [0.15, 0.2) is 34.3 Å². The van der Waals surface area contributed by atoms with Gasteiger partial charge in [0.25, 0.3) is 0 Å². The van der Waals surface area contributed by atoms with E-state index in [1.54, 1.807) is 11.8 Å². The number of rotatable bonds is 6. The molecule has 1 atom stereocenters. The predicted octanol–water partition coefficient (Wildman–Crippen LogP) is 3.32. The fourth-order valence-electron chi connectivity index (χ4n) is 2.05. The molecule has 4 nitrogen and oxygen atoms in total. The van der Waals surface area contributed by atoms with E-state index in [0.29, 0.717) is 6.04 Å². The van der Waals surface area contributed by atoms with Crippen molar-refractivity contribution in [3.05, 3.63) is 35.7 Å². The molecule has 0 radical (unpaired) electrons. The smallest absolute Gasteiger partial charge is 0.213 e. The topological polar surface area (TPSA) is 53.6 Å². The highest BCUT2D eigenvalue weighted by atomic mass is 32.2. The van der Waals surface area contributed by atoms with Crippen molar-refractivity contribution in [2.45, 2.75) is 43.3 Å². The van der Waals surface area contributed by atoms with E-state index in [1.165, 1.54) is 10.5 Å². The van der Waals surface area contributed by atoms with Crippen LogP contribution < -0.4 is 5.32 Å². The van der Waals surface area contributed by atoms with Crippen LogP contribution in [-0.2, 0) is 0 Å². The highest BCUT2D eigenvalue weighted by Gasteiger charge is 2.14. The molecule has 5 heteroatoms. The monoisotopic (exact) mass is 276 g/mol. The van der Waals surface area contributed by atoms with Gasteiger partial charge in [-0.1, -0.05) is 32.0 Å². The fourth-order valence-corrected chi connectivity index (χ4v) is 2.99. The molecule has 0 aliphatic heterocycles. The van der Waals surface area contributed by atoms with Crippen molar-refractivity contribution < 1.29 is 0 Å². The summed E-state index contributed by atoms with van der Waals surface area (Å²) < 4.78 is 0. The van der Waals surface area contributed by atoms with Crippen molar-refractivity contribution in [2.24, 2.45) is 0 Å². The van der Waals surface area contributed by atoms with Gasteiger partial charge in [0.05, 0.1) is 0 Å². The van der Waals surface area contributed by atoms with Gasteiger partial charge in [0.2, 0.25) is 5.16 Å². The summed E-state index contributed by atoms with van der Waals surface area (Å²) in [5, 5.41) is 11.4. The van der Waals surface area contributed by atoms with Gasteiger partial charge in [-0.05, 0) is 43.3 Å². The molecule has 102 valence electrons. The Labute approximate surface area is 118 Å². The van der Waals surface area contributed by atoms with Crippen LogP contribution in [0.1, 0.15) is 37.7 Å². The van der Waals surface area contributed by atoms with Gasteiger partial charge in [-0.3, -0.25) is 5.10 Å². The number of aryl methyl sites for hydroxylation is 1. The van der Waals surface area contributed by atoms with Crippen molar-refractivity contribution in [1.29, 1.82) is 0 Å². The van der Waals surface area contributed by atoms with Crippen molar-refractivity contribution in [1.82, 2.24) is 20.5 Å². The molecule has 0 bridgehead atoms. The lowest BCUT2D eigenvalue weighted by molar-refractivity contribution is 0.530. The highest BCUT2D eigenvalue weighted by Crippen LogP contribution is 2.32. The van der Waals surface area contributed by atoms with Gasteiger partial charge in [0, 0.05) is 10.9 Å². The van der Waals surface area contributed by atoms with E-state index in [0.717, 1.165) is 23.9 Å². The van der Waals surface area contributed by atoms with Crippen LogP contribution in [0.25, 0.3) is 0 Å². The maximum absolute atomic E-state index is 4.35. The number of aromatic amines is 1. The zero-order valence-electron chi connectivity index (χ0n) is 11.6. The average molecular weight is 276 g/mol. The molecule has 2 N–H and O–H groups in total. The SMILES string of the molecule is CCNC(CC)c1ccccc1Sc1n[nH]c(C)n1. The van der Waals surface area contributed by atoms with E-state index in [1.807, 2.05) is 6.92 Å². The first kappa shape index (κ1) is 14.1. The van der Waals surface area contributed by atoms with Crippen LogP contribution >= 0.6 is 11.8 Å². The molecule has 1 aromatic heterocycles. The molecule has 0 aliphatic rings. The third-order valence-corrected chi connectivity index (χ3v) is 3.89. The standard InChI is InChI=1S/C14H20N4S/c1-4-12(15-5-2)11-8-6-7-9-13(11)19-14-16-10(3)17-18-14/h6-9,12,15H,4-5H2,1-3H3,(H,16,17,18). The van der Waals surface area contributed by atoms with Gasteiger partial charge in [-0.15, -0.1) is 5.10 Å². The molecule has 1 aromatic carbocycles. The minimum absolute atomic E-state index is 0.383. The van der Waals surface area contributed by atoms with Gasteiger partial charge in [0.1, 0.15) is 5.82 Å². The second kappa shape index (κ2) is 6.73. The van der Waals surface area contributed by atoms with Crippen LogP contribution in [0.4, 0.5) is 0 Å². The Kier molecular flexibility index (Phi) is 4.99. The molecular formula is C14H20N4S. The first-order valence-electron chi connectivity index (χ1n) is 6.63. The van der Waals surface area contributed by atoms with Gasteiger partial charge in [-0.2, -0.15) is 0 Å². The maximum Gasteiger partial charge on any atom is 0.213 e. The number of aromatic nitrogens is 3. The van der Waals surface area contributed by atoms with E-state index < -0.39 is 0 Å². The summed E-state index contributed by atoms with van der Waals surface area (Å²) in [6.07, 6.45) is 1.07. The second-order valence-electron chi connectivity index (χ2n) is 4.36. The minimum atomic E-state index is 0.383. The Bertz CT molecular complexity index is 524. The van der Waals surface area contributed by atoms with E-state index in [2.05, 4.69) is 58.6 Å². The van der Waals surface area contributed by atoms with E-state index in [9.17, 15) is 0 Å². The predicted molar refractivity (Wildman–Crippen MR) is 78.4 cm³/mol. The lowest BCUT2D eigenvalue weighted by Gasteiger charge is -2.19. The number of hydrogen-bond acceptors (Lipinski definition) is 4. The van der Waals surface area contributed by atoms with Crippen LogP contribution in [0.3, 0.4) is 0 Å². The van der Waals surface area contributed by atoms with Gasteiger partial charge >= 0.3 is 0 Å². The summed E-state index contributed by atoms with van der Waals surface area (Å²) in [5.74, 6) is 0.846. The van der Waals surface area contributed by atoms with Crippen LogP contribution in [0.5, 0.6) is 0 Å². The number of H-pyrrole nitrogens is 1. The van der Waals surface area contributed by atoms with Gasteiger partial charge in [-0.25, -0.2) is 4.98 Å². The Hall–Kier alpha value is -1.33. The highest BCUT2D eigenvalue weighted by molar-refractivity contribution is 7.99. The molecule has 0 saturated heterocycles. The van der Waals surface area contributed by atoms with E-state index in [-0.39, 0.29) is 0 Å². The Morgan fingerprint density at radius 1 is 1.32 bits per heavy atom. The molecule has 1 heterocycles. The molecular weight excluding hydrogens is 256 g/mol. The van der Waals surface area contributed by atoms with Gasteiger partial charge < -0.3 is 5.32 Å². The Balaban J connectivity index is 2.24. The lowest BCUT2D eigenvalue weighted by atomic mass is 10.0. The largest absolute Gasteiger partial charge is 0.310 e. The summed E-state index contributed by atoms with van der Waals surface area (Å²) in [6.45, 7) is 7.22. The molecule has 0 aliphatic carbocycles. The Morgan fingerprint density at radius 2 is 2.11 bits per heavy atom. The first-order valence-corrected chi connectivity index (χ1v) is 7.45. The normalized spacial score (nSPS) is 12.6. The number of hydrogen-bond donors (Lipinski definition) is 2. The average Bonchev–Trinajstić information content (AvgIpc) is 2.82. The first-order chi connectivity index (χ1) is 9.24. The number of nitrogens with zero attached hydrogens (tertiary/aromatic N) is 2. The minimum Gasteiger partial charge on any atom is -0.310 e. The zero-order chi connectivity index (χ0) is 13.7. The molecule has 0 spiro atoms. The maximum atomic E-state index is 4.35. The van der Waals surface area contributed by atoms with Crippen molar-refractivity contribution in [2.75, 3.05) is 6.54 Å². The third kappa shape index (κ3) is 3.58. The van der Waals surface area contributed by atoms with Crippen LogP contribution in [0.2, 0.25) is 0 Å². The Morgan fingerprint density at radius 3 is 2.74 bits per heavy atom. The van der Waals surface area contributed by atoms with E-state index in [4.69, 9.17) is 0 Å². The molecule has 0 saturated carbocycles. The van der Waals surface area contributed by atoms with Crippen molar-refractivity contribution in [3.8, 4) is 0 Å². The summed E-state index contributed by atoms with van der Waals surface area (Å²) in [5.41, 5.74) is 1.32. The molecule has 1 unspecified atom stereocenters. The number of nitrogens with one attached hydrogen (secondary N) is 2. The molecule has 2 rings (SSSR count). The number of benzene rings is 1. The summed E-state index contributed by atoms with van der Waals surface area (Å²) >= 11 is 1.61. The molecule has 19 heavy (non-hydrogen) atoms. The zero-order valence-corrected chi connectivity index (χ0v) is 12.4. The summed E-state index contributed by atoms with van der Waals surface area (Å²) in [4.78, 5) is 5.57. The van der Waals surface area contributed by atoms with Gasteiger partial charge in [0.15, 0.2) is 0 Å². The summed E-state index contributed by atoms with van der Waals surface area (Å²) in [6, 6.07) is 8.84. The molecule has 0 fully saturated rings. The van der Waals surface area contributed by atoms with Crippen molar-refractivity contribution in [3.63, 3.8) is 0 Å². The second-order valence-corrected chi connectivity index (χ2v) is 5.37. The van der Waals surface area contributed by atoms with Crippen molar-refractivity contribution >= 4 is 11.8 Å². The lowest BCUT2D eigenvalue weighted by Crippen LogP contribution is -2.20. The van der Waals surface area contributed by atoms with E-state index >= 15 is 0 Å². The molecule has 2 aromatic rings.